The molecule has 0 radical (unpaired) electrons. The standard InChI is InChI=1S/C21H21ClN2O2/c22-16-6-4-15(5-7-16)21(10-1-2-11-21)20(26)24-17-8-3-14-9-12-23-19(25)18(14)13-17/h3-8,13H,1-2,9-12H2,(H,23,25)(H,24,26). The van der Waals surface area contributed by atoms with E-state index < -0.39 is 5.41 Å². The first-order valence-corrected chi connectivity index (χ1v) is 9.45. The van der Waals surface area contributed by atoms with Gasteiger partial charge in [0.2, 0.25) is 5.91 Å². The van der Waals surface area contributed by atoms with Gasteiger partial charge in [0.1, 0.15) is 0 Å². The molecule has 5 heteroatoms. The Morgan fingerprint density at radius 2 is 1.81 bits per heavy atom. The third-order valence-electron chi connectivity index (χ3n) is 5.58. The smallest absolute Gasteiger partial charge is 0.251 e. The molecule has 2 aromatic rings. The van der Waals surface area contributed by atoms with E-state index in [9.17, 15) is 9.59 Å². The fraction of sp³-hybridized carbons (Fsp3) is 0.333. The number of benzene rings is 2. The summed E-state index contributed by atoms with van der Waals surface area (Å²) in [4.78, 5) is 25.3. The van der Waals surface area contributed by atoms with Crippen molar-refractivity contribution in [1.29, 1.82) is 0 Å². The predicted molar refractivity (Wildman–Crippen MR) is 103 cm³/mol. The molecule has 1 fully saturated rings. The fourth-order valence-electron chi connectivity index (χ4n) is 4.13. The second-order valence-electron chi connectivity index (χ2n) is 7.13. The van der Waals surface area contributed by atoms with Crippen LogP contribution in [0, 0.1) is 0 Å². The maximum atomic E-state index is 13.2. The zero-order valence-corrected chi connectivity index (χ0v) is 15.2. The second kappa shape index (κ2) is 6.76. The summed E-state index contributed by atoms with van der Waals surface area (Å²) in [5.74, 6) is -0.0795. The molecule has 2 N–H and O–H groups in total. The summed E-state index contributed by atoms with van der Waals surface area (Å²) in [6.45, 7) is 0.664. The van der Waals surface area contributed by atoms with Gasteiger partial charge in [-0.3, -0.25) is 9.59 Å². The molecule has 1 heterocycles. The molecule has 26 heavy (non-hydrogen) atoms. The summed E-state index contributed by atoms with van der Waals surface area (Å²) in [5.41, 5.74) is 2.84. The Morgan fingerprint density at radius 3 is 2.54 bits per heavy atom. The monoisotopic (exact) mass is 368 g/mol. The number of hydrogen-bond acceptors (Lipinski definition) is 2. The number of hydrogen-bond donors (Lipinski definition) is 2. The highest BCUT2D eigenvalue weighted by Gasteiger charge is 2.42. The number of amides is 2. The first-order valence-electron chi connectivity index (χ1n) is 9.07. The van der Waals surface area contributed by atoms with Gasteiger partial charge in [0.15, 0.2) is 0 Å². The van der Waals surface area contributed by atoms with E-state index in [4.69, 9.17) is 11.6 Å². The van der Waals surface area contributed by atoms with Gasteiger partial charge in [-0.25, -0.2) is 0 Å². The lowest BCUT2D eigenvalue weighted by Crippen LogP contribution is -2.38. The Balaban J connectivity index is 1.63. The van der Waals surface area contributed by atoms with Gasteiger partial charge in [0.25, 0.3) is 5.91 Å². The highest BCUT2D eigenvalue weighted by Crippen LogP contribution is 2.42. The SMILES string of the molecule is O=C1NCCc2ccc(NC(=O)C3(c4ccc(Cl)cc4)CCCC3)cc21. The lowest BCUT2D eigenvalue weighted by atomic mass is 9.78. The van der Waals surface area contributed by atoms with Crippen LogP contribution in [0.4, 0.5) is 5.69 Å². The maximum Gasteiger partial charge on any atom is 0.251 e. The second-order valence-corrected chi connectivity index (χ2v) is 7.56. The molecule has 0 unspecified atom stereocenters. The Kier molecular flexibility index (Phi) is 4.45. The van der Waals surface area contributed by atoms with E-state index in [1.165, 1.54) is 0 Å². The summed E-state index contributed by atoms with van der Waals surface area (Å²) >= 11 is 6.02. The van der Waals surface area contributed by atoms with Crippen LogP contribution in [-0.2, 0) is 16.6 Å². The van der Waals surface area contributed by atoms with E-state index in [2.05, 4.69) is 10.6 Å². The molecule has 0 spiro atoms. The van der Waals surface area contributed by atoms with E-state index in [0.717, 1.165) is 43.2 Å². The first-order chi connectivity index (χ1) is 12.6. The van der Waals surface area contributed by atoms with Crippen molar-refractivity contribution in [3.63, 3.8) is 0 Å². The van der Waals surface area contributed by atoms with Crippen molar-refractivity contribution in [2.75, 3.05) is 11.9 Å². The molecule has 0 aromatic heterocycles. The largest absolute Gasteiger partial charge is 0.352 e. The van der Waals surface area contributed by atoms with Crippen molar-refractivity contribution in [1.82, 2.24) is 5.32 Å². The molecule has 1 aliphatic carbocycles. The van der Waals surface area contributed by atoms with Gasteiger partial charge < -0.3 is 10.6 Å². The minimum atomic E-state index is -0.525. The van der Waals surface area contributed by atoms with Crippen LogP contribution in [0.2, 0.25) is 5.02 Å². The number of rotatable bonds is 3. The van der Waals surface area contributed by atoms with Crippen molar-refractivity contribution in [3.05, 3.63) is 64.2 Å². The Morgan fingerprint density at radius 1 is 1.08 bits per heavy atom. The van der Waals surface area contributed by atoms with E-state index in [1.807, 2.05) is 36.4 Å². The average Bonchev–Trinajstić information content (AvgIpc) is 3.14. The molecule has 4 nitrogen and oxygen atoms in total. The quantitative estimate of drug-likeness (QED) is 0.857. The molecule has 2 aliphatic rings. The summed E-state index contributed by atoms with van der Waals surface area (Å²) in [5, 5.41) is 6.57. The van der Waals surface area contributed by atoms with Crippen molar-refractivity contribution >= 4 is 29.1 Å². The Hall–Kier alpha value is -2.33. The maximum absolute atomic E-state index is 13.2. The molecular weight excluding hydrogens is 348 g/mol. The fourth-order valence-corrected chi connectivity index (χ4v) is 4.26. The number of halogens is 1. The normalized spacial score (nSPS) is 18.1. The van der Waals surface area contributed by atoms with E-state index in [0.29, 0.717) is 22.8 Å². The van der Waals surface area contributed by atoms with Crippen LogP contribution in [0.25, 0.3) is 0 Å². The molecule has 2 aromatic carbocycles. The molecule has 1 aliphatic heterocycles. The molecule has 1 saturated carbocycles. The molecule has 2 amide bonds. The highest BCUT2D eigenvalue weighted by molar-refractivity contribution is 6.30. The van der Waals surface area contributed by atoms with E-state index >= 15 is 0 Å². The zero-order chi connectivity index (χ0) is 18.1. The summed E-state index contributed by atoms with van der Waals surface area (Å²) in [6, 6.07) is 13.2. The highest BCUT2D eigenvalue weighted by atomic mass is 35.5. The van der Waals surface area contributed by atoms with E-state index in [-0.39, 0.29) is 11.8 Å². The molecule has 0 bridgehead atoms. The molecular formula is C21H21ClN2O2. The van der Waals surface area contributed by atoms with Gasteiger partial charge >= 0.3 is 0 Å². The average molecular weight is 369 g/mol. The summed E-state index contributed by atoms with van der Waals surface area (Å²) in [6.07, 6.45) is 4.53. The molecule has 0 atom stereocenters. The summed E-state index contributed by atoms with van der Waals surface area (Å²) < 4.78 is 0. The van der Waals surface area contributed by atoms with Gasteiger partial charge in [0.05, 0.1) is 5.41 Å². The zero-order valence-electron chi connectivity index (χ0n) is 14.5. The third-order valence-corrected chi connectivity index (χ3v) is 5.83. The molecule has 0 saturated heterocycles. The van der Waals surface area contributed by atoms with Crippen LogP contribution >= 0.6 is 11.6 Å². The number of anilines is 1. The van der Waals surface area contributed by atoms with Gasteiger partial charge in [-0.2, -0.15) is 0 Å². The van der Waals surface area contributed by atoms with Crippen LogP contribution in [0.5, 0.6) is 0 Å². The lowest BCUT2D eigenvalue weighted by molar-refractivity contribution is -0.121. The van der Waals surface area contributed by atoms with Gasteiger partial charge in [-0.15, -0.1) is 0 Å². The van der Waals surface area contributed by atoms with Crippen molar-refractivity contribution < 1.29 is 9.59 Å². The Labute approximate surface area is 157 Å². The topological polar surface area (TPSA) is 58.2 Å². The van der Waals surface area contributed by atoms with Gasteiger partial charge in [0, 0.05) is 22.8 Å². The molecule has 4 rings (SSSR count). The van der Waals surface area contributed by atoms with Crippen LogP contribution < -0.4 is 10.6 Å². The number of nitrogens with one attached hydrogen (secondary N) is 2. The number of carbonyl (C=O) groups is 2. The van der Waals surface area contributed by atoms with Crippen molar-refractivity contribution in [2.45, 2.75) is 37.5 Å². The van der Waals surface area contributed by atoms with Crippen molar-refractivity contribution in [3.8, 4) is 0 Å². The predicted octanol–water partition coefficient (Wildman–Crippen LogP) is 4.08. The van der Waals surface area contributed by atoms with Crippen LogP contribution in [0.1, 0.15) is 47.2 Å². The third kappa shape index (κ3) is 2.99. The van der Waals surface area contributed by atoms with Crippen LogP contribution in [0.3, 0.4) is 0 Å². The van der Waals surface area contributed by atoms with Crippen molar-refractivity contribution in [2.24, 2.45) is 0 Å². The van der Waals surface area contributed by atoms with Gasteiger partial charge in [-0.1, -0.05) is 42.6 Å². The first kappa shape index (κ1) is 17.1. The number of fused-ring (bicyclic) bond motifs is 1. The minimum absolute atomic E-state index is 0.00603. The lowest BCUT2D eigenvalue weighted by Gasteiger charge is -2.28. The van der Waals surface area contributed by atoms with Crippen LogP contribution in [-0.4, -0.2) is 18.4 Å². The Bertz CT molecular complexity index is 855. The number of carbonyl (C=O) groups excluding carboxylic acids is 2. The molecule has 134 valence electrons. The summed E-state index contributed by atoms with van der Waals surface area (Å²) in [7, 11) is 0. The van der Waals surface area contributed by atoms with Gasteiger partial charge in [-0.05, 0) is 54.7 Å². The van der Waals surface area contributed by atoms with E-state index in [1.54, 1.807) is 6.07 Å². The van der Waals surface area contributed by atoms with Crippen LogP contribution in [0.15, 0.2) is 42.5 Å². The minimum Gasteiger partial charge on any atom is -0.352 e.